The zero-order valence-corrected chi connectivity index (χ0v) is 19.5. The van der Waals surface area contributed by atoms with Crippen molar-refractivity contribution >= 4 is 17.6 Å². The van der Waals surface area contributed by atoms with E-state index >= 15 is 0 Å². The minimum atomic E-state index is -0.477. The van der Waals surface area contributed by atoms with E-state index in [9.17, 15) is 19.7 Å². The van der Waals surface area contributed by atoms with E-state index in [-0.39, 0.29) is 23.5 Å². The highest BCUT2D eigenvalue weighted by Gasteiger charge is 2.30. The Morgan fingerprint density at radius 2 is 1.74 bits per heavy atom. The van der Waals surface area contributed by atoms with Gasteiger partial charge in [-0.25, -0.2) is 4.68 Å². The summed E-state index contributed by atoms with van der Waals surface area (Å²) in [4.78, 5) is 37.9. The number of likely N-dealkylation sites (tertiary alicyclic amines) is 1. The smallest absolute Gasteiger partial charge is 0.309 e. The fourth-order valence-corrected chi connectivity index (χ4v) is 4.09. The highest BCUT2D eigenvalue weighted by atomic mass is 16.6. The standard InChI is InChI=1S/C25H26N4O6/c1-3-35-25(31)18-12-14-27(15-13-18)24(30)23-16-22(17-4-10-21(34-2)11-5-17)26-28(23)19-6-8-20(9-7-19)29(32)33/h4-11,16,18H,3,12-15H2,1-2H3. The van der Waals surface area contributed by atoms with Gasteiger partial charge in [-0.05, 0) is 62.2 Å². The minimum absolute atomic E-state index is 0.0507. The van der Waals surface area contributed by atoms with Crippen LogP contribution in [0.15, 0.2) is 54.6 Å². The van der Waals surface area contributed by atoms with Crippen LogP contribution in [0.3, 0.4) is 0 Å². The zero-order chi connectivity index (χ0) is 24.9. The van der Waals surface area contributed by atoms with Crippen LogP contribution in [0, 0.1) is 16.0 Å². The number of nitro groups is 1. The van der Waals surface area contributed by atoms with E-state index in [0.29, 0.717) is 55.4 Å². The molecule has 0 saturated carbocycles. The molecule has 0 atom stereocenters. The summed E-state index contributed by atoms with van der Waals surface area (Å²) in [5.74, 6) is 0.0352. The number of nitro benzene ring substituents is 1. The fraction of sp³-hybridized carbons (Fsp3) is 0.320. The van der Waals surface area contributed by atoms with Crippen LogP contribution in [-0.4, -0.2) is 58.3 Å². The first-order valence-electron chi connectivity index (χ1n) is 11.4. The largest absolute Gasteiger partial charge is 0.497 e. The highest BCUT2D eigenvalue weighted by molar-refractivity contribution is 5.94. The van der Waals surface area contributed by atoms with E-state index in [2.05, 4.69) is 5.10 Å². The monoisotopic (exact) mass is 478 g/mol. The van der Waals surface area contributed by atoms with Crippen LogP contribution >= 0.6 is 0 Å². The van der Waals surface area contributed by atoms with Crippen molar-refractivity contribution in [2.45, 2.75) is 19.8 Å². The molecule has 2 heterocycles. The molecule has 10 heteroatoms. The van der Waals surface area contributed by atoms with Crippen molar-refractivity contribution in [2.24, 2.45) is 5.92 Å². The predicted octanol–water partition coefficient (Wildman–Crippen LogP) is 3.87. The average molecular weight is 479 g/mol. The van der Waals surface area contributed by atoms with Crippen LogP contribution in [0.4, 0.5) is 5.69 Å². The van der Waals surface area contributed by atoms with Crippen LogP contribution in [0.5, 0.6) is 5.75 Å². The Hall–Kier alpha value is -4.21. The molecule has 10 nitrogen and oxygen atoms in total. The Morgan fingerprint density at radius 3 is 2.31 bits per heavy atom. The maximum atomic E-state index is 13.5. The molecule has 0 unspecified atom stereocenters. The molecule has 3 aromatic rings. The summed E-state index contributed by atoms with van der Waals surface area (Å²) in [5.41, 5.74) is 2.18. The number of nitrogens with zero attached hydrogens (tertiary/aromatic N) is 4. The van der Waals surface area contributed by atoms with Gasteiger partial charge < -0.3 is 14.4 Å². The third kappa shape index (κ3) is 5.16. The second-order valence-corrected chi connectivity index (χ2v) is 8.15. The molecule has 0 radical (unpaired) electrons. The highest BCUT2D eigenvalue weighted by Crippen LogP contribution is 2.27. The number of hydrogen-bond acceptors (Lipinski definition) is 7. The number of methoxy groups -OCH3 is 1. The number of non-ortho nitro benzene ring substituents is 1. The first kappa shape index (κ1) is 23.9. The first-order chi connectivity index (χ1) is 16.9. The van der Waals surface area contributed by atoms with E-state index in [1.54, 1.807) is 37.1 Å². The molecule has 0 spiro atoms. The molecule has 0 aliphatic carbocycles. The van der Waals surface area contributed by atoms with E-state index in [1.165, 1.54) is 16.8 Å². The number of hydrogen-bond donors (Lipinski definition) is 0. The lowest BCUT2D eigenvalue weighted by Gasteiger charge is -2.30. The molecular weight excluding hydrogens is 452 g/mol. The number of aromatic nitrogens is 2. The summed E-state index contributed by atoms with van der Waals surface area (Å²) < 4.78 is 11.8. The van der Waals surface area contributed by atoms with E-state index in [1.807, 2.05) is 24.3 Å². The van der Waals surface area contributed by atoms with Crippen LogP contribution in [-0.2, 0) is 9.53 Å². The van der Waals surface area contributed by atoms with Crippen molar-refractivity contribution in [3.05, 3.63) is 70.4 Å². The SMILES string of the molecule is CCOC(=O)C1CCN(C(=O)c2cc(-c3ccc(OC)cc3)nn2-c2ccc([N+](=O)[O-])cc2)CC1. The van der Waals surface area contributed by atoms with Crippen LogP contribution in [0.1, 0.15) is 30.3 Å². The van der Waals surface area contributed by atoms with Gasteiger partial charge in [-0.3, -0.25) is 19.7 Å². The number of piperidine rings is 1. The van der Waals surface area contributed by atoms with Crippen molar-refractivity contribution < 1.29 is 24.0 Å². The second kappa shape index (κ2) is 10.4. The first-order valence-corrected chi connectivity index (χ1v) is 11.4. The molecular formula is C25H26N4O6. The van der Waals surface area contributed by atoms with E-state index in [4.69, 9.17) is 9.47 Å². The Bertz CT molecular complexity index is 1210. The Morgan fingerprint density at radius 1 is 1.09 bits per heavy atom. The van der Waals surface area contributed by atoms with Crippen molar-refractivity contribution in [2.75, 3.05) is 26.8 Å². The maximum Gasteiger partial charge on any atom is 0.309 e. The molecule has 35 heavy (non-hydrogen) atoms. The number of carbonyl (C=O) groups excluding carboxylic acids is 2. The van der Waals surface area contributed by atoms with Crippen LogP contribution in [0.2, 0.25) is 0 Å². The summed E-state index contributed by atoms with van der Waals surface area (Å²) in [5, 5.41) is 15.7. The number of benzene rings is 2. The van der Waals surface area contributed by atoms with Gasteiger partial charge in [0.05, 0.1) is 35.9 Å². The molecule has 1 aliphatic rings. The lowest BCUT2D eigenvalue weighted by atomic mass is 9.97. The normalized spacial score (nSPS) is 13.9. The van der Waals surface area contributed by atoms with E-state index < -0.39 is 4.92 Å². The fourth-order valence-electron chi connectivity index (χ4n) is 4.09. The van der Waals surface area contributed by atoms with Gasteiger partial charge in [0.1, 0.15) is 11.4 Å². The van der Waals surface area contributed by atoms with Gasteiger partial charge >= 0.3 is 5.97 Å². The van der Waals surface area contributed by atoms with Gasteiger partial charge in [0.25, 0.3) is 11.6 Å². The number of esters is 1. The quantitative estimate of drug-likeness (QED) is 0.287. The van der Waals surface area contributed by atoms with Gasteiger partial charge in [-0.15, -0.1) is 0 Å². The summed E-state index contributed by atoms with van der Waals surface area (Å²) in [6.45, 7) is 2.95. The average Bonchev–Trinajstić information content (AvgIpc) is 3.34. The van der Waals surface area contributed by atoms with Gasteiger partial charge in [0.2, 0.25) is 0 Å². The number of rotatable bonds is 7. The van der Waals surface area contributed by atoms with Crippen molar-refractivity contribution in [1.29, 1.82) is 0 Å². The van der Waals surface area contributed by atoms with Gasteiger partial charge in [0.15, 0.2) is 0 Å². The van der Waals surface area contributed by atoms with E-state index in [0.717, 1.165) is 5.56 Å². The zero-order valence-electron chi connectivity index (χ0n) is 19.5. The number of carbonyl (C=O) groups is 2. The summed E-state index contributed by atoms with van der Waals surface area (Å²) >= 11 is 0. The Kier molecular flexibility index (Phi) is 7.09. The Labute approximate surface area is 202 Å². The molecule has 0 N–H and O–H groups in total. The van der Waals surface area contributed by atoms with Gasteiger partial charge in [0, 0.05) is 30.8 Å². The molecule has 1 aliphatic heterocycles. The Balaban J connectivity index is 1.65. The molecule has 182 valence electrons. The summed E-state index contributed by atoms with van der Waals surface area (Å²) in [6.07, 6.45) is 1.06. The number of ether oxygens (including phenoxy) is 2. The third-order valence-electron chi connectivity index (χ3n) is 6.02. The van der Waals surface area contributed by atoms with Crippen LogP contribution in [0.25, 0.3) is 16.9 Å². The minimum Gasteiger partial charge on any atom is -0.497 e. The van der Waals surface area contributed by atoms with Crippen molar-refractivity contribution in [3.63, 3.8) is 0 Å². The molecule has 1 amide bonds. The molecule has 4 rings (SSSR count). The maximum absolute atomic E-state index is 13.5. The van der Waals surface area contributed by atoms with Crippen molar-refractivity contribution in [3.8, 4) is 22.7 Å². The molecule has 1 aromatic heterocycles. The molecule has 1 saturated heterocycles. The molecule has 1 fully saturated rings. The molecule has 0 bridgehead atoms. The summed E-state index contributed by atoms with van der Waals surface area (Å²) in [6, 6.07) is 14.9. The second-order valence-electron chi connectivity index (χ2n) is 8.15. The lowest BCUT2D eigenvalue weighted by molar-refractivity contribution is -0.384. The van der Waals surface area contributed by atoms with Gasteiger partial charge in [-0.1, -0.05) is 0 Å². The van der Waals surface area contributed by atoms with Crippen molar-refractivity contribution in [1.82, 2.24) is 14.7 Å². The predicted molar refractivity (Wildman–Crippen MR) is 127 cm³/mol. The number of amides is 1. The molecule has 2 aromatic carbocycles. The topological polar surface area (TPSA) is 117 Å². The third-order valence-corrected chi connectivity index (χ3v) is 6.02. The van der Waals surface area contributed by atoms with Gasteiger partial charge in [-0.2, -0.15) is 5.10 Å². The summed E-state index contributed by atoms with van der Waals surface area (Å²) in [7, 11) is 1.58. The van der Waals surface area contributed by atoms with Crippen LogP contribution < -0.4 is 4.74 Å². The lowest BCUT2D eigenvalue weighted by Crippen LogP contribution is -2.41.